The summed E-state index contributed by atoms with van der Waals surface area (Å²) in [7, 11) is 1.61. The monoisotopic (exact) mass is 418 g/mol. The Bertz CT molecular complexity index is 1070. The summed E-state index contributed by atoms with van der Waals surface area (Å²) in [4.78, 5) is 29.2. The second-order valence-corrected chi connectivity index (χ2v) is 7.62. The van der Waals surface area contributed by atoms with Gasteiger partial charge in [0, 0.05) is 31.9 Å². The molecule has 0 bridgehead atoms. The first-order chi connectivity index (χ1) is 15.0. The molecule has 3 aromatic rings. The molecule has 0 N–H and O–H groups in total. The summed E-state index contributed by atoms with van der Waals surface area (Å²) in [5.74, 6) is 0.702. The van der Waals surface area contributed by atoms with Crippen molar-refractivity contribution >= 4 is 11.8 Å². The predicted octanol–water partition coefficient (Wildman–Crippen LogP) is 2.72. The van der Waals surface area contributed by atoms with Gasteiger partial charge in [-0.25, -0.2) is 4.68 Å². The number of carbonyl (C=O) groups is 2. The van der Waals surface area contributed by atoms with Crippen LogP contribution in [0.25, 0.3) is 5.69 Å². The fraction of sp³-hybridized carbons (Fsp3) is 0.292. The Labute approximate surface area is 181 Å². The van der Waals surface area contributed by atoms with Gasteiger partial charge in [-0.1, -0.05) is 30.3 Å². The first-order valence-electron chi connectivity index (χ1n) is 10.4. The summed E-state index contributed by atoms with van der Waals surface area (Å²) in [6.07, 6.45) is 0.325. The minimum atomic E-state index is -0.0994. The normalized spacial score (nSPS) is 13.9. The van der Waals surface area contributed by atoms with Crippen LogP contribution in [0.4, 0.5) is 0 Å². The summed E-state index contributed by atoms with van der Waals surface area (Å²) in [6, 6.07) is 19.1. The number of para-hydroxylation sites is 1. The van der Waals surface area contributed by atoms with Crippen molar-refractivity contribution in [2.75, 3.05) is 33.3 Å². The first kappa shape index (κ1) is 20.7. The average molecular weight is 418 g/mol. The molecular weight excluding hydrogens is 392 g/mol. The molecule has 0 saturated carbocycles. The molecule has 0 unspecified atom stereocenters. The van der Waals surface area contributed by atoms with Gasteiger partial charge in [-0.15, -0.1) is 0 Å². The number of nitrogens with zero attached hydrogens (tertiary/aromatic N) is 4. The highest BCUT2D eigenvalue weighted by Gasteiger charge is 2.26. The first-order valence-corrected chi connectivity index (χ1v) is 10.4. The second kappa shape index (κ2) is 9.04. The Kier molecular flexibility index (Phi) is 6.02. The molecule has 31 heavy (non-hydrogen) atoms. The van der Waals surface area contributed by atoms with Crippen LogP contribution < -0.4 is 4.74 Å². The highest BCUT2D eigenvalue weighted by molar-refractivity contribution is 5.92. The number of carbonyl (C=O) groups excluding carboxylic acids is 2. The van der Waals surface area contributed by atoms with E-state index in [1.165, 1.54) is 0 Å². The fourth-order valence-electron chi connectivity index (χ4n) is 3.80. The molecule has 160 valence electrons. The minimum Gasteiger partial charge on any atom is -0.497 e. The maximum atomic E-state index is 13.0. The highest BCUT2D eigenvalue weighted by atomic mass is 16.5. The number of benzene rings is 2. The lowest BCUT2D eigenvalue weighted by Crippen LogP contribution is -2.51. The Morgan fingerprint density at radius 2 is 1.65 bits per heavy atom. The summed E-state index contributed by atoms with van der Waals surface area (Å²) in [5, 5.41) is 4.51. The van der Waals surface area contributed by atoms with Gasteiger partial charge < -0.3 is 14.5 Å². The zero-order chi connectivity index (χ0) is 21.8. The molecular formula is C24H26N4O3. The minimum absolute atomic E-state index is 0.0598. The summed E-state index contributed by atoms with van der Waals surface area (Å²) < 4.78 is 7.00. The van der Waals surface area contributed by atoms with Crippen LogP contribution in [0.1, 0.15) is 21.7 Å². The standard InChI is InChI=1S/C24H26N4O3/c1-18-15-22(25-28(18)20-8-4-3-5-9-20)24(30)27-13-11-26(12-14-27)23(29)17-19-7-6-10-21(16-19)31-2/h3-10,15-16H,11-14,17H2,1-2H3. The van der Waals surface area contributed by atoms with Gasteiger partial charge in [0.15, 0.2) is 5.69 Å². The molecule has 1 aromatic heterocycles. The van der Waals surface area contributed by atoms with Crippen molar-refractivity contribution in [2.45, 2.75) is 13.3 Å². The number of rotatable bonds is 5. The molecule has 1 saturated heterocycles. The molecule has 2 amide bonds. The van der Waals surface area contributed by atoms with Crippen molar-refractivity contribution in [3.63, 3.8) is 0 Å². The SMILES string of the molecule is COc1cccc(CC(=O)N2CCN(C(=O)c3cc(C)n(-c4ccccc4)n3)CC2)c1. The summed E-state index contributed by atoms with van der Waals surface area (Å²) in [6.45, 7) is 3.98. The van der Waals surface area contributed by atoms with Crippen LogP contribution in [0.15, 0.2) is 60.7 Å². The molecule has 7 nitrogen and oxygen atoms in total. The van der Waals surface area contributed by atoms with E-state index in [0.29, 0.717) is 38.3 Å². The summed E-state index contributed by atoms with van der Waals surface area (Å²) >= 11 is 0. The van der Waals surface area contributed by atoms with Crippen LogP contribution in [0.3, 0.4) is 0 Å². The number of amides is 2. The zero-order valence-electron chi connectivity index (χ0n) is 17.8. The van der Waals surface area contributed by atoms with E-state index in [4.69, 9.17) is 4.74 Å². The van der Waals surface area contributed by atoms with Crippen molar-refractivity contribution in [3.8, 4) is 11.4 Å². The van der Waals surface area contributed by atoms with Crippen LogP contribution in [0.2, 0.25) is 0 Å². The third-order valence-electron chi connectivity index (χ3n) is 5.52. The van der Waals surface area contributed by atoms with Gasteiger partial charge in [0.2, 0.25) is 5.91 Å². The van der Waals surface area contributed by atoms with E-state index in [1.54, 1.807) is 16.7 Å². The quantitative estimate of drug-likeness (QED) is 0.639. The molecule has 0 radical (unpaired) electrons. The number of hydrogen-bond acceptors (Lipinski definition) is 4. The number of ether oxygens (including phenoxy) is 1. The van der Waals surface area contributed by atoms with Crippen LogP contribution in [0.5, 0.6) is 5.75 Å². The maximum absolute atomic E-state index is 13.0. The molecule has 1 aliphatic heterocycles. The Balaban J connectivity index is 1.36. The Morgan fingerprint density at radius 3 is 2.35 bits per heavy atom. The van der Waals surface area contributed by atoms with Crippen LogP contribution >= 0.6 is 0 Å². The maximum Gasteiger partial charge on any atom is 0.274 e. The largest absolute Gasteiger partial charge is 0.497 e. The molecule has 0 atom stereocenters. The molecule has 4 rings (SSSR count). The number of piperazine rings is 1. The Morgan fingerprint density at radius 1 is 0.935 bits per heavy atom. The molecule has 2 aromatic carbocycles. The molecule has 1 aliphatic rings. The number of methoxy groups -OCH3 is 1. The lowest BCUT2D eigenvalue weighted by molar-refractivity contribution is -0.131. The average Bonchev–Trinajstić information content (AvgIpc) is 3.21. The van der Waals surface area contributed by atoms with Crippen LogP contribution in [-0.4, -0.2) is 64.7 Å². The second-order valence-electron chi connectivity index (χ2n) is 7.62. The number of aromatic nitrogens is 2. The van der Waals surface area contributed by atoms with Crippen molar-refractivity contribution < 1.29 is 14.3 Å². The molecule has 0 spiro atoms. The van der Waals surface area contributed by atoms with Gasteiger partial charge in [0.1, 0.15) is 5.75 Å². The van der Waals surface area contributed by atoms with E-state index < -0.39 is 0 Å². The van der Waals surface area contributed by atoms with E-state index in [-0.39, 0.29) is 11.8 Å². The summed E-state index contributed by atoms with van der Waals surface area (Å²) in [5.41, 5.74) is 3.18. The van der Waals surface area contributed by atoms with Gasteiger partial charge in [-0.05, 0) is 42.8 Å². The van der Waals surface area contributed by atoms with Gasteiger partial charge in [0.05, 0.1) is 19.2 Å². The van der Waals surface area contributed by atoms with Crippen molar-refractivity contribution in [3.05, 3.63) is 77.6 Å². The van der Waals surface area contributed by atoms with Gasteiger partial charge in [0.25, 0.3) is 5.91 Å². The molecule has 0 aliphatic carbocycles. The number of hydrogen-bond donors (Lipinski definition) is 0. The smallest absolute Gasteiger partial charge is 0.274 e. The molecule has 7 heteroatoms. The lowest BCUT2D eigenvalue weighted by atomic mass is 10.1. The highest BCUT2D eigenvalue weighted by Crippen LogP contribution is 2.16. The predicted molar refractivity (Wildman–Crippen MR) is 117 cm³/mol. The van der Waals surface area contributed by atoms with Crippen molar-refractivity contribution in [1.82, 2.24) is 19.6 Å². The van der Waals surface area contributed by atoms with E-state index >= 15 is 0 Å². The molecule has 2 heterocycles. The van der Waals surface area contributed by atoms with E-state index in [9.17, 15) is 9.59 Å². The number of aryl methyl sites for hydroxylation is 1. The van der Waals surface area contributed by atoms with Crippen LogP contribution in [-0.2, 0) is 11.2 Å². The van der Waals surface area contributed by atoms with Crippen LogP contribution in [0, 0.1) is 6.92 Å². The third kappa shape index (κ3) is 4.60. The van der Waals surface area contributed by atoms with E-state index in [0.717, 1.165) is 22.7 Å². The van der Waals surface area contributed by atoms with E-state index in [2.05, 4.69) is 5.10 Å². The lowest BCUT2D eigenvalue weighted by Gasteiger charge is -2.34. The van der Waals surface area contributed by atoms with Crippen molar-refractivity contribution in [1.29, 1.82) is 0 Å². The van der Waals surface area contributed by atoms with Gasteiger partial charge in [-0.2, -0.15) is 5.10 Å². The third-order valence-corrected chi connectivity index (χ3v) is 5.52. The topological polar surface area (TPSA) is 67.7 Å². The fourth-order valence-corrected chi connectivity index (χ4v) is 3.80. The van der Waals surface area contributed by atoms with Crippen molar-refractivity contribution in [2.24, 2.45) is 0 Å². The van der Waals surface area contributed by atoms with Gasteiger partial charge >= 0.3 is 0 Å². The van der Waals surface area contributed by atoms with E-state index in [1.807, 2.05) is 72.5 Å². The Hall–Kier alpha value is -3.61. The molecule has 1 fully saturated rings. The zero-order valence-corrected chi connectivity index (χ0v) is 17.8. The van der Waals surface area contributed by atoms with Gasteiger partial charge in [-0.3, -0.25) is 9.59 Å².